The molecule has 0 bridgehead atoms. The van der Waals surface area contributed by atoms with Crippen molar-refractivity contribution in [2.24, 2.45) is 0 Å². The number of carbonyl (C=O) groups excluding carboxylic acids is 1. The highest BCUT2D eigenvalue weighted by Crippen LogP contribution is 2.34. The van der Waals surface area contributed by atoms with Crippen LogP contribution in [0, 0.1) is 0 Å². The van der Waals surface area contributed by atoms with Crippen molar-refractivity contribution in [1.29, 1.82) is 0 Å². The molecule has 1 aromatic carbocycles. The molecule has 1 aliphatic rings. The van der Waals surface area contributed by atoms with Gasteiger partial charge in [-0.2, -0.15) is 0 Å². The second-order valence-electron chi connectivity index (χ2n) is 6.08. The molecule has 7 nitrogen and oxygen atoms in total. The first-order valence-electron chi connectivity index (χ1n) is 8.80. The van der Waals surface area contributed by atoms with E-state index in [0.29, 0.717) is 30.1 Å². The number of hydrogen-bond donors (Lipinski definition) is 1. The summed E-state index contributed by atoms with van der Waals surface area (Å²) in [4.78, 5) is 11.3. The minimum absolute atomic E-state index is 0.00515. The van der Waals surface area contributed by atoms with Gasteiger partial charge in [-0.1, -0.05) is 12.1 Å². The highest BCUT2D eigenvalue weighted by Gasteiger charge is 2.20. The van der Waals surface area contributed by atoms with Gasteiger partial charge in [0.1, 0.15) is 12.4 Å². The molecule has 2 aromatic rings. The lowest BCUT2D eigenvalue weighted by molar-refractivity contribution is -0.171. The predicted octanol–water partition coefficient (Wildman–Crippen LogP) is 2.56. The first-order valence-corrected chi connectivity index (χ1v) is 8.80. The number of esters is 1. The highest BCUT2D eigenvalue weighted by molar-refractivity contribution is 5.87. The van der Waals surface area contributed by atoms with Crippen molar-refractivity contribution < 1.29 is 33.3 Å². The minimum Gasteiger partial charge on any atom is -0.478 e. The van der Waals surface area contributed by atoms with Crippen LogP contribution in [0.15, 0.2) is 22.6 Å². The van der Waals surface area contributed by atoms with Crippen LogP contribution in [0.25, 0.3) is 11.0 Å². The Bertz CT molecular complexity index is 731. The number of methoxy groups -OCH3 is 1. The Morgan fingerprint density at radius 2 is 2.23 bits per heavy atom. The van der Waals surface area contributed by atoms with E-state index in [4.69, 9.17) is 18.6 Å². The molecule has 1 fully saturated rings. The van der Waals surface area contributed by atoms with Crippen LogP contribution in [0.2, 0.25) is 0 Å². The van der Waals surface area contributed by atoms with E-state index < -0.39 is 5.97 Å². The van der Waals surface area contributed by atoms with Gasteiger partial charge in [0.25, 0.3) is 0 Å². The van der Waals surface area contributed by atoms with E-state index in [1.54, 1.807) is 6.07 Å². The zero-order chi connectivity index (χ0) is 18.4. The molecule has 0 aliphatic carbocycles. The van der Waals surface area contributed by atoms with E-state index >= 15 is 0 Å². The van der Waals surface area contributed by atoms with Gasteiger partial charge in [0, 0.05) is 24.2 Å². The SMILES string of the molecule is COC(=O)COc1cccc2c(CCO)c(COC3CCCCO3)oc12. The van der Waals surface area contributed by atoms with Gasteiger partial charge < -0.3 is 28.5 Å². The summed E-state index contributed by atoms with van der Waals surface area (Å²) in [7, 11) is 1.31. The number of aliphatic hydroxyl groups excluding tert-OH is 1. The van der Waals surface area contributed by atoms with E-state index in [1.165, 1.54) is 7.11 Å². The normalized spacial score (nSPS) is 17.4. The molecular weight excluding hydrogens is 340 g/mol. The van der Waals surface area contributed by atoms with Gasteiger partial charge in [-0.25, -0.2) is 4.79 Å². The number of aliphatic hydroxyl groups is 1. The zero-order valence-corrected chi connectivity index (χ0v) is 14.9. The maximum absolute atomic E-state index is 11.3. The van der Waals surface area contributed by atoms with Crippen LogP contribution < -0.4 is 4.74 Å². The number of benzene rings is 1. The fraction of sp³-hybridized carbons (Fsp3) is 0.526. The number of ether oxygens (including phenoxy) is 4. The summed E-state index contributed by atoms with van der Waals surface area (Å²) in [6.07, 6.45) is 3.22. The van der Waals surface area contributed by atoms with Crippen LogP contribution >= 0.6 is 0 Å². The third-order valence-electron chi connectivity index (χ3n) is 4.34. The monoisotopic (exact) mass is 364 g/mol. The van der Waals surface area contributed by atoms with Gasteiger partial charge in [0.2, 0.25) is 0 Å². The van der Waals surface area contributed by atoms with Gasteiger partial charge in [-0.15, -0.1) is 0 Å². The van der Waals surface area contributed by atoms with E-state index in [0.717, 1.165) is 30.2 Å². The molecule has 3 rings (SSSR count). The molecule has 1 N–H and O–H groups in total. The van der Waals surface area contributed by atoms with Crippen molar-refractivity contribution >= 4 is 16.9 Å². The summed E-state index contributed by atoms with van der Waals surface area (Å²) in [5.41, 5.74) is 1.41. The van der Waals surface area contributed by atoms with Gasteiger partial charge >= 0.3 is 5.97 Å². The summed E-state index contributed by atoms with van der Waals surface area (Å²) in [6, 6.07) is 5.45. The maximum atomic E-state index is 11.3. The summed E-state index contributed by atoms with van der Waals surface area (Å²) in [5, 5.41) is 10.3. The van der Waals surface area contributed by atoms with E-state index in [1.807, 2.05) is 12.1 Å². The fourth-order valence-corrected chi connectivity index (χ4v) is 3.02. The summed E-state index contributed by atoms with van der Waals surface area (Å²) < 4.78 is 27.5. The second-order valence-corrected chi connectivity index (χ2v) is 6.08. The van der Waals surface area contributed by atoms with Crippen LogP contribution in [-0.2, 0) is 32.0 Å². The smallest absolute Gasteiger partial charge is 0.343 e. The first-order chi connectivity index (χ1) is 12.7. The average molecular weight is 364 g/mol. The molecule has 0 saturated carbocycles. The molecule has 142 valence electrons. The second kappa shape index (κ2) is 9.02. The van der Waals surface area contributed by atoms with Crippen LogP contribution in [0.3, 0.4) is 0 Å². The van der Waals surface area contributed by atoms with Crippen LogP contribution in [-0.4, -0.2) is 44.3 Å². The third-order valence-corrected chi connectivity index (χ3v) is 4.34. The molecule has 2 heterocycles. The molecular formula is C19H24O7. The van der Waals surface area contributed by atoms with Crippen molar-refractivity contribution in [2.75, 3.05) is 26.9 Å². The highest BCUT2D eigenvalue weighted by atomic mass is 16.7. The fourth-order valence-electron chi connectivity index (χ4n) is 3.02. The predicted molar refractivity (Wildman–Crippen MR) is 92.9 cm³/mol. The van der Waals surface area contributed by atoms with Crippen molar-refractivity contribution in [3.05, 3.63) is 29.5 Å². The molecule has 1 unspecified atom stereocenters. The van der Waals surface area contributed by atoms with Crippen molar-refractivity contribution in [1.82, 2.24) is 0 Å². The van der Waals surface area contributed by atoms with E-state index in [2.05, 4.69) is 4.74 Å². The average Bonchev–Trinajstić information content (AvgIpc) is 3.04. The van der Waals surface area contributed by atoms with Crippen LogP contribution in [0.1, 0.15) is 30.6 Å². The van der Waals surface area contributed by atoms with E-state index in [9.17, 15) is 9.90 Å². The Morgan fingerprint density at radius 1 is 1.35 bits per heavy atom. The molecule has 0 spiro atoms. The summed E-state index contributed by atoms with van der Waals surface area (Å²) in [6.45, 7) is 0.757. The largest absolute Gasteiger partial charge is 0.478 e. The molecule has 0 amide bonds. The van der Waals surface area contributed by atoms with Crippen molar-refractivity contribution in [3.8, 4) is 5.75 Å². The Balaban J connectivity index is 1.81. The standard InChI is InChI=1S/C19H24O7/c1-22-17(21)12-24-15-6-4-5-14-13(8-9-20)16(26-19(14)15)11-25-18-7-2-3-10-23-18/h4-6,18,20H,2-3,7-12H2,1H3. The van der Waals surface area contributed by atoms with Crippen LogP contribution in [0.5, 0.6) is 5.75 Å². The molecule has 1 atom stereocenters. The number of para-hydroxylation sites is 1. The van der Waals surface area contributed by atoms with Gasteiger partial charge in [-0.3, -0.25) is 0 Å². The number of hydrogen-bond acceptors (Lipinski definition) is 7. The van der Waals surface area contributed by atoms with Gasteiger partial charge in [0.15, 0.2) is 24.2 Å². The number of furan rings is 1. The molecule has 1 aliphatic heterocycles. The molecule has 26 heavy (non-hydrogen) atoms. The maximum Gasteiger partial charge on any atom is 0.343 e. The molecule has 0 radical (unpaired) electrons. The molecule has 7 heteroatoms. The lowest BCUT2D eigenvalue weighted by Crippen LogP contribution is -2.22. The van der Waals surface area contributed by atoms with Crippen molar-refractivity contribution in [3.63, 3.8) is 0 Å². The number of rotatable bonds is 8. The van der Waals surface area contributed by atoms with Crippen LogP contribution in [0.4, 0.5) is 0 Å². The first kappa shape index (κ1) is 18.7. The topological polar surface area (TPSA) is 87.4 Å². The Kier molecular flexibility index (Phi) is 6.49. The Hall–Kier alpha value is -2.09. The summed E-state index contributed by atoms with van der Waals surface area (Å²) >= 11 is 0. The minimum atomic E-state index is -0.470. The quantitative estimate of drug-likeness (QED) is 0.720. The summed E-state index contributed by atoms with van der Waals surface area (Å²) in [5.74, 6) is 0.617. The third kappa shape index (κ3) is 4.35. The molecule has 1 aromatic heterocycles. The lowest BCUT2D eigenvalue weighted by Gasteiger charge is -2.22. The zero-order valence-electron chi connectivity index (χ0n) is 14.9. The Labute approximate surface area is 151 Å². The number of fused-ring (bicyclic) bond motifs is 1. The van der Waals surface area contributed by atoms with Gasteiger partial charge in [-0.05, 0) is 31.7 Å². The van der Waals surface area contributed by atoms with Crippen molar-refractivity contribution in [2.45, 2.75) is 38.6 Å². The number of carbonyl (C=O) groups is 1. The van der Waals surface area contributed by atoms with E-state index in [-0.39, 0.29) is 26.1 Å². The lowest BCUT2D eigenvalue weighted by atomic mass is 10.1. The molecule has 1 saturated heterocycles. The Morgan fingerprint density at radius 3 is 2.96 bits per heavy atom. The van der Waals surface area contributed by atoms with Gasteiger partial charge in [0.05, 0.1) is 7.11 Å².